The maximum absolute atomic E-state index is 12.3. The number of hydrogen-bond donors (Lipinski definition) is 0. The molecule has 0 unspecified atom stereocenters. The zero-order valence-electron chi connectivity index (χ0n) is 7.08. The van der Waals surface area contributed by atoms with Crippen LogP contribution in [0.1, 0.15) is 17.7 Å². The van der Waals surface area contributed by atoms with Gasteiger partial charge in [-0.25, -0.2) is 8.78 Å². The van der Waals surface area contributed by atoms with Gasteiger partial charge in [0.1, 0.15) is 10.7 Å². The smallest absolute Gasteiger partial charge is 0.258 e. The Morgan fingerprint density at radius 2 is 2.27 bits per heavy atom. The second kappa shape index (κ2) is 4.80. The van der Waals surface area contributed by atoms with E-state index in [1.807, 2.05) is 0 Å². The Balaban J connectivity index is 3.42. The maximum atomic E-state index is 12.3. The van der Waals surface area contributed by atoms with Crippen LogP contribution in [0.5, 0.6) is 0 Å². The van der Waals surface area contributed by atoms with Gasteiger partial charge in [-0.1, -0.05) is 27.5 Å². The van der Waals surface area contributed by atoms with Gasteiger partial charge < -0.3 is 0 Å². The van der Waals surface area contributed by atoms with Crippen molar-refractivity contribution in [3.8, 4) is 0 Å². The molecule has 0 fully saturated rings. The van der Waals surface area contributed by atoms with Crippen LogP contribution in [0, 0.1) is 10.1 Å². The van der Waals surface area contributed by atoms with Crippen molar-refractivity contribution >= 4 is 33.2 Å². The molecule has 0 atom stereocenters. The summed E-state index contributed by atoms with van der Waals surface area (Å²) in [5, 5.41) is 10.1. The first kappa shape index (κ1) is 12.3. The second-order valence-corrected chi connectivity index (χ2v) is 3.45. The standard InChI is InChI=1S/C7H4BrClF2N2O2/c8-1-4-6(13(14)15)5(9)3(2-12-4)7(10)11/h2,7H,1H2. The largest absolute Gasteiger partial charge is 0.310 e. The van der Waals surface area contributed by atoms with Gasteiger partial charge in [0, 0.05) is 6.20 Å². The van der Waals surface area contributed by atoms with Crippen LogP contribution in [-0.2, 0) is 5.33 Å². The number of nitro groups is 1. The highest BCUT2D eigenvalue weighted by atomic mass is 79.9. The van der Waals surface area contributed by atoms with Gasteiger partial charge in [0.2, 0.25) is 0 Å². The molecule has 1 rings (SSSR count). The molecule has 82 valence electrons. The summed E-state index contributed by atoms with van der Waals surface area (Å²) < 4.78 is 24.7. The molecule has 0 aromatic carbocycles. The molecule has 0 saturated heterocycles. The average Bonchev–Trinajstić information content (AvgIpc) is 2.15. The third kappa shape index (κ3) is 2.40. The van der Waals surface area contributed by atoms with E-state index in [-0.39, 0.29) is 11.0 Å². The Morgan fingerprint density at radius 3 is 2.67 bits per heavy atom. The Bertz CT molecular complexity index is 403. The van der Waals surface area contributed by atoms with Gasteiger partial charge in [0.25, 0.3) is 6.43 Å². The van der Waals surface area contributed by atoms with Crippen molar-refractivity contribution in [3.63, 3.8) is 0 Å². The predicted octanol–water partition coefficient (Wildman–Crippen LogP) is 3.48. The highest BCUT2D eigenvalue weighted by Crippen LogP contribution is 2.35. The molecular weight excluding hydrogens is 297 g/mol. The van der Waals surface area contributed by atoms with E-state index in [0.29, 0.717) is 0 Å². The normalized spacial score (nSPS) is 10.7. The van der Waals surface area contributed by atoms with Crippen LogP contribution in [0.15, 0.2) is 6.20 Å². The molecule has 0 saturated carbocycles. The fourth-order valence-electron chi connectivity index (χ4n) is 0.964. The summed E-state index contributed by atoms with van der Waals surface area (Å²) in [6.45, 7) is 0. The predicted molar refractivity (Wildman–Crippen MR) is 53.5 cm³/mol. The average molecular weight is 301 g/mol. The Morgan fingerprint density at radius 1 is 1.67 bits per heavy atom. The van der Waals surface area contributed by atoms with Crippen LogP contribution in [0.3, 0.4) is 0 Å². The summed E-state index contributed by atoms with van der Waals surface area (Å²) in [4.78, 5) is 13.3. The van der Waals surface area contributed by atoms with Gasteiger partial charge in [0.05, 0.1) is 15.8 Å². The van der Waals surface area contributed by atoms with Gasteiger partial charge in [-0.15, -0.1) is 0 Å². The maximum Gasteiger partial charge on any atom is 0.310 e. The van der Waals surface area contributed by atoms with Crippen molar-refractivity contribution in [2.24, 2.45) is 0 Å². The van der Waals surface area contributed by atoms with Crippen molar-refractivity contribution < 1.29 is 13.7 Å². The summed E-state index contributed by atoms with van der Waals surface area (Å²) in [5.74, 6) is 0. The summed E-state index contributed by atoms with van der Waals surface area (Å²) in [6, 6.07) is 0. The zero-order valence-corrected chi connectivity index (χ0v) is 9.43. The highest BCUT2D eigenvalue weighted by molar-refractivity contribution is 9.08. The van der Waals surface area contributed by atoms with Crippen LogP contribution >= 0.6 is 27.5 Å². The SMILES string of the molecule is O=[N+]([O-])c1c(CBr)ncc(C(F)F)c1Cl. The Kier molecular flexibility index (Phi) is 3.92. The van der Waals surface area contributed by atoms with Crippen molar-refractivity contribution in [1.29, 1.82) is 0 Å². The topological polar surface area (TPSA) is 56.0 Å². The second-order valence-electron chi connectivity index (χ2n) is 2.51. The molecule has 0 radical (unpaired) electrons. The van der Waals surface area contributed by atoms with Crippen molar-refractivity contribution in [2.45, 2.75) is 11.8 Å². The lowest BCUT2D eigenvalue weighted by Crippen LogP contribution is -2.01. The van der Waals surface area contributed by atoms with Gasteiger partial charge in [-0.3, -0.25) is 15.1 Å². The van der Waals surface area contributed by atoms with E-state index >= 15 is 0 Å². The fourth-order valence-corrected chi connectivity index (χ4v) is 1.68. The number of alkyl halides is 3. The molecule has 0 bridgehead atoms. The summed E-state index contributed by atoms with van der Waals surface area (Å²) >= 11 is 8.46. The summed E-state index contributed by atoms with van der Waals surface area (Å²) in [5.41, 5.74) is -1.19. The number of rotatable bonds is 3. The summed E-state index contributed by atoms with van der Waals surface area (Å²) in [7, 11) is 0. The molecule has 0 aliphatic carbocycles. The van der Waals surface area contributed by atoms with Crippen molar-refractivity contribution in [1.82, 2.24) is 4.98 Å². The number of aromatic nitrogens is 1. The first-order chi connectivity index (χ1) is 6.99. The lowest BCUT2D eigenvalue weighted by Gasteiger charge is -2.05. The number of pyridine rings is 1. The van der Waals surface area contributed by atoms with Gasteiger partial charge in [-0.2, -0.15) is 0 Å². The van der Waals surface area contributed by atoms with Crippen molar-refractivity contribution in [2.75, 3.05) is 0 Å². The summed E-state index contributed by atoms with van der Waals surface area (Å²) in [6.07, 6.45) is -2.04. The van der Waals surface area contributed by atoms with E-state index in [0.717, 1.165) is 6.20 Å². The van der Waals surface area contributed by atoms with Crippen LogP contribution < -0.4 is 0 Å². The number of nitrogens with zero attached hydrogens (tertiary/aromatic N) is 2. The number of hydrogen-bond acceptors (Lipinski definition) is 3. The number of halogens is 4. The molecule has 1 aromatic heterocycles. The van der Waals surface area contributed by atoms with E-state index in [9.17, 15) is 18.9 Å². The van der Waals surface area contributed by atoms with E-state index in [2.05, 4.69) is 20.9 Å². The molecule has 1 aromatic rings. The molecule has 0 amide bonds. The Hall–Kier alpha value is -0.820. The quantitative estimate of drug-likeness (QED) is 0.488. The van der Waals surface area contributed by atoms with Crippen LogP contribution in [0.2, 0.25) is 5.02 Å². The zero-order chi connectivity index (χ0) is 11.6. The van der Waals surface area contributed by atoms with Gasteiger partial charge >= 0.3 is 5.69 Å². The fraction of sp³-hybridized carbons (Fsp3) is 0.286. The molecule has 4 nitrogen and oxygen atoms in total. The van der Waals surface area contributed by atoms with Gasteiger partial charge in [0.15, 0.2) is 0 Å². The van der Waals surface area contributed by atoms with Crippen LogP contribution in [-0.4, -0.2) is 9.91 Å². The lowest BCUT2D eigenvalue weighted by molar-refractivity contribution is -0.385. The molecule has 0 aliphatic rings. The molecule has 8 heteroatoms. The minimum atomic E-state index is -2.88. The Labute approximate surface area is 96.5 Å². The van der Waals surface area contributed by atoms with Gasteiger partial charge in [-0.05, 0) is 0 Å². The molecule has 0 N–H and O–H groups in total. The third-order valence-electron chi connectivity index (χ3n) is 1.64. The van der Waals surface area contributed by atoms with E-state index in [1.165, 1.54) is 0 Å². The minimum absolute atomic E-state index is 0.0226. The molecule has 0 spiro atoms. The molecule has 0 aliphatic heterocycles. The monoisotopic (exact) mass is 300 g/mol. The highest BCUT2D eigenvalue weighted by Gasteiger charge is 2.26. The minimum Gasteiger partial charge on any atom is -0.258 e. The van der Waals surface area contributed by atoms with Crippen LogP contribution in [0.4, 0.5) is 14.5 Å². The molecular formula is C7H4BrClF2N2O2. The first-order valence-corrected chi connectivity index (χ1v) is 5.14. The van der Waals surface area contributed by atoms with E-state index in [4.69, 9.17) is 11.6 Å². The first-order valence-electron chi connectivity index (χ1n) is 3.64. The van der Waals surface area contributed by atoms with E-state index in [1.54, 1.807) is 0 Å². The molecule has 15 heavy (non-hydrogen) atoms. The van der Waals surface area contributed by atoms with E-state index < -0.39 is 27.6 Å². The molecule has 1 heterocycles. The van der Waals surface area contributed by atoms with Crippen molar-refractivity contribution in [3.05, 3.63) is 32.6 Å². The van der Waals surface area contributed by atoms with Crippen LogP contribution in [0.25, 0.3) is 0 Å². The third-order valence-corrected chi connectivity index (χ3v) is 2.57. The lowest BCUT2D eigenvalue weighted by atomic mass is 10.2.